The highest BCUT2D eigenvalue weighted by Crippen LogP contribution is 2.53. The lowest BCUT2D eigenvalue weighted by molar-refractivity contribution is -0.149. The Hall–Kier alpha value is -0.940. The fourth-order valence-electron chi connectivity index (χ4n) is 4.22. The Kier molecular flexibility index (Phi) is 4.91. The predicted octanol–water partition coefficient (Wildman–Crippen LogP) is 2.39. The standard InChI is InChI=1S/C16H28N4O/c1-2-21-15-13-14(16(15)7-4-3-5-8-16)17-9-6-11-20-12-10-18-19-20/h10,12,14-15,17H,2-9,11,13H2,1H3. The van der Waals surface area contributed by atoms with Crippen molar-refractivity contribution in [2.45, 2.75) is 70.6 Å². The second-order valence-electron chi connectivity index (χ2n) is 6.50. The van der Waals surface area contributed by atoms with Crippen LogP contribution in [0.25, 0.3) is 0 Å². The summed E-state index contributed by atoms with van der Waals surface area (Å²) in [7, 11) is 0. The number of nitrogens with zero attached hydrogens (tertiary/aromatic N) is 3. The smallest absolute Gasteiger partial charge is 0.0692 e. The number of aryl methyl sites for hydroxylation is 1. The van der Waals surface area contributed by atoms with Crippen molar-refractivity contribution in [1.82, 2.24) is 20.3 Å². The Balaban J connectivity index is 1.46. The molecule has 1 aromatic heterocycles. The molecule has 2 aliphatic rings. The van der Waals surface area contributed by atoms with E-state index in [4.69, 9.17) is 4.74 Å². The summed E-state index contributed by atoms with van der Waals surface area (Å²) in [6, 6.07) is 0.657. The summed E-state index contributed by atoms with van der Waals surface area (Å²) in [5.74, 6) is 0. The molecule has 0 bridgehead atoms. The molecule has 5 nitrogen and oxygen atoms in total. The first kappa shape index (κ1) is 15.0. The van der Waals surface area contributed by atoms with E-state index in [9.17, 15) is 0 Å². The molecular formula is C16H28N4O. The molecule has 0 radical (unpaired) electrons. The van der Waals surface area contributed by atoms with Gasteiger partial charge >= 0.3 is 0 Å². The van der Waals surface area contributed by atoms with Gasteiger partial charge < -0.3 is 10.1 Å². The zero-order chi connectivity index (χ0) is 14.5. The predicted molar refractivity (Wildman–Crippen MR) is 82.0 cm³/mol. The monoisotopic (exact) mass is 292 g/mol. The highest BCUT2D eigenvalue weighted by molar-refractivity contribution is 5.08. The third-order valence-electron chi connectivity index (χ3n) is 5.36. The zero-order valence-corrected chi connectivity index (χ0v) is 13.1. The van der Waals surface area contributed by atoms with Gasteiger partial charge in [-0.2, -0.15) is 0 Å². The summed E-state index contributed by atoms with van der Waals surface area (Å²) in [6.45, 7) is 4.98. The molecule has 2 aliphatic carbocycles. The average molecular weight is 292 g/mol. The number of hydrogen-bond donors (Lipinski definition) is 1. The van der Waals surface area contributed by atoms with Gasteiger partial charge in [-0.1, -0.05) is 24.5 Å². The number of nitrogens with one attached hydrogen (secondary N) is 1. The molecule has 1 aromatic rings. The van der Waals surface area contributed by atoms with Crippen LogP contribution in [0.1, 0.15) is 51.9 Å². The summed E-state index contributed by atoms with van der Waals surface area (Å²) in [5, 5.41) is 11.6. The molecule has 3 rings (SSSR count). The second-order valence-corrected chi connectivity index (χ2v) is 6.50. The molecule has 5 heteroatoms. The lowest BCUT2D eigenvalue weighted by atomic mass is 9.55. The zero-order valence-electron chi connectivity index (χ0n) is 13.1. The van der Waals surface area contributed by atoms with E-state index in [1.165, 1.54) is 38.5 Å². The van der Waals surface area contributed by atoms with Gasteiger partial charge in [0.1, 0.15) is 0 Å². The van der Waals surface area contributed by atoms with Gasteiger partial charge in [-0.15, -0.1) is 5.10 Å². The van der Waals surface area contributed by atoms with Crippen LogP contribution in [0.15, 0.2) is 12.4 Å². The number of rotatable bonds is 7. The van der Waals surface area contributed by atoms with Gasteiger partial charge in [-0.25, -0.2) is 0 Å². The maximum atomic E-state index is 6.00. The third kappa shape index (κ3) is 3.14. The second kappa shape index (κ2) is 6.88. The molecule has 0 amide bonds. The fourth-order valence-corrected chi connectivity index (χ4v) is 4.22. The lowest BCUT2D eigenvalue weighted by Crippen LogP contribution is -2.64. The molecular weight excluding hydrogens is 264 g/mol. The van der Waals surface area contributed by atoms with Crippen molar-refractivity contribution < 1.29 is 4.74 Å². The van der Waals surface area contributed by atoms with Gasteiger partial charge in [0, 0.05) is 30.8 Å². The minimum absolute atomic E-state index is 0.432. The van der Waals surface area contributed by atoms with Crippen LogP contribution < -0.4 is 5.32 Å². The van der Waals surface area contributed by atoms with Gasteiger partial charge in [-0.3, -0.25) is 4.68 Å². The van der Waals surface area contributed by atoms with E-state index in [2.05, 4.69) is 22.6 Å². The Bertz CT molecular complexity index is 414. The van der Waals surface area contributed by atoms with Crippen molar-refractivity contribution in [1.29, 1.82) is 0 Å². The van der Waals surface area contributed by atoms with Crippen LogP contribution in [-0.4, -0.2) is 40.3 Å². The summed E-state index contributed by atoms with van der Waals surface area (Å²) in [4.78, 5) is 0. The van der Waals surface area contributed by atoms with E-state index < -0.39 is 0 Å². The van der Waals surface area contributed by atoms with Crippen LogP contribution in [0.4, 0.5) is 0 Å². The Morgan fingerprint density at radius 3 is 2.90 bits per heavy atom. The van der Waals surface area contributed by atoms with Gasteiger partial charge in [-0.05, 0) is 39.2 Å². The SMILES string of the molecule is CCOC1CC(NCCCn2ccnn2)C12CCCCC2. The highest BCUT2D eigenvalue weighted by atomic mass is 16.5. The maximum absolute atomic E-state index is 6.00. The quantitative estimate of drug-likeness (QED) is 0.784. The van der Waals surface area contributed by atoms with E-state index in [0.29, 0.717) is 17.6 Å². The van der Waals surface area contributed by atoms with Crippen LogP contribution in [0.2, 0.25) is 0 Å². The van der Waals surface area contributed by atoms with Gasteiger partial charge in [0.25, 0.3) is 0 Å². The van der Waals surface area contributed by atoms with Crippen molar-refractivity contribution in [2.24, 2.45) is 5.41 Å². The Labute approximate surface area is 127 Å². The number of aromatic nitrogens is 3. The molecule has 0 aromatic carbocycles. The minimum atomic E-state index is 0.432. The highest BCUT2D eigenvalue weighted by Gasteiger charge is 2.55. The topological polar surface area (TPSA) is 52.0 Å². The molecule has 118 valence electrons. The van der Waals surface area contributed by atoms with Crippen molar-refractivity contribution in [3.8, 4) is 0 Å². The number of hydrogen-bond acceptors (Lipinski definition) is 4. The molecule has 0 saturated heterocycles. The van der Waals surface area contributed by atoms with Crippen LogP contribution in [-0.2, 0) is 11.3 Å². The first-order chi connectivity index (χ1) is 10.3. The fraction of sp³-hybridized carbons (Fsp3) is 0.875. The number of ether oxygens (including phenoxy) is 1. The summed E-state index contributed by atoms with van der Waals surface area (Å²) < 4.78 is 7.91. The van der Waals surface area contributed by atoms with Crippen LogP contribution >= 0.6 is 0 Å². The van der Waals surface area contributed by atoms with Crippen molar-refractivity contribution in [2.75, 3.05) is 13.2 Å². The van der Waals surface area contributed by atoms with Crippen LogP contribution in [0, 0.1) is 5.41 Å². The Morgan fingerprint density at radius 2 is 2.19 bits per heavy atom. The third-order valence-corrected chi connectivity index (χ3v) is 5.36. The molecule has 1 heterocycles. The minimum Gasteiger partial charge on any atom is -0.378 e. The average Bonchev–Trinajstić information content (AvgIpc) is 3.03. The van der Waals surface area contributed by atoms with E-state index in [1.54, 1.807) is 6.20 Å². The van der Waals surface area contributed by atoms with Gasteiger partial charge in [0.05, 0.1) is 12.3 Å². The lowest BCUT2D eigenvalue weighted by Gasteiger charge is -2.58. The molecule has 2 unspecified atom stereocenters. The summed E-state index contributed by atoms with van der Waals surface area (Å²) in [6.07, 6.45) is 13.3. The van der Waals surface area contributed by atoms with Crippen LogP contribution in [0.3, 0.4) is 0 Å². The molecule has 0 aliphatic heterocycles. The van der Waals surface area contributed by atoms with Crippen molar-refractivity contribution >= 4 is 0 Å². The largest absolute Gasteiger partial charge is 0.378 e. The van der Waals surface area contributed by atoms with E-state index >= 15 is 0 Å². The van der Waals surface area contributed by atoms with Crippen molar-refractivity contribution in [3.05, 3.63) is 12.4 Å². The molecule has 1 N–H and O–H groups in total. The van der Waals surface area contributed by atoms with E-state index in [-0.39, 0.29) is 0 Å². The van der Waals surface area contributed by atoms with E-state index in [1.807, 2.05) is 10.9 Å². The van der Waals surface area contributed by atoms with E-state index in [0.717, 1.165) is 26.1 Å². The molecule has 21 heavy (non-hydrogen) atoms. The molecule has 1 spiro atoms. The van der Waals surface area contributed by atoms with Gasteiger partial charge in [0.2, 0.25) is 0 Å². The normalized spacial score (nSPS) is 27.7. The van der Waals surface area contributed by atoms with Crippen LogP contribution in [0.5, 0.6) is 0 Å². The van der Waals surface area contributed by atoms with Crippen molar-refractivity contribution in [3.63, 3.8) is 0 Å². The first-order valence-corrected chi connectivity index (χ1v) is 8.54. The van der Waals surface area contributed by atoms with Gasteiger partial charge in [0.15, 0.2) is 0 Å². The molecule has 2 atom stereocenters. The first-order valence-electron chi connectivity index (χ1n) is 8.54. The molecule has 2 fully saturated rings. The molecule has 2 saturated carbocycles. The summed E-state index contributed by atoms with van der Waals surface area (Å²) >= 11 is 0. The Morgan fingerprint density at radius 1 is 1.33 bits per heavy atom. The summed E-state index contributed by atoms with van der Waals surface area (Å²) in [5.41, 5.74) is 0.432. The maximum Gasteiger partial charge on any atom is 0.0692 e.